The standard InChI is InChI=1S/C16H21N5O/c22-16(17-11-10-15-18-20-21-19-15)3-1-2-12-4-6-13(7-5-12)14-8-9-14/h4-7,14H,1-3,8-11H2,(H,17,22)(H,18,19,20,21). The number of H-pyrrole nitrogens is 1. The topological polar surface area (TPSA) is 83.6 Å². The van der Waals surface area contributed by atoms with Crippen molar-refractivity contribution in [3.05, 3.63) is 41.2 Å². The monoisotopic (exact) mass is 299 g/mol. The van der Waals surface area contributed by atoms with Crippen LogP contribution in [-0.2, 0) is 17.6 Å². The molecule has 0 radical (unpaired) electrons. The molecule has 1 aliphatic carbocycles. The van der Waals surface area contributed by atoms with Crippen molar-refractivity contribution >= 4 is 5.91 Å². The van der Waals surface area contributed by atoms with Gasteiger partial charge in [0, 0.05) is 19.4 Å². The van der Waals surface area contributed by atoms with Crippen molar-refractivity contribution in [3.63, 3.8) is 0 Å². The molecule has 1 aromatic heterocycles. The minimum atomic E-state index is 0.0816. The van der Waals surface area contributed by atoms with E-state index in [1.807, 2.05) is 0 Å². The van der Waals surface area contributed by atoms with Crippen LogP contribution in [0.1, 0.15) is 48.6 Å². The molecule has 0 atom stereocenters. The summed E-state index contributed by atoms with van der Waals surface area (Å²) in [6.07, 6.45) is 5.65. The molecular formula is C16H21N5O. The number of nitrogens with zero attached hydrogens (tertiary/aromatic N) is 3. The third kappa shape index (κ3) is 4.38. The fourth-order valence-electron chi connectivity index (χ4n) is 2.52. The highest BCUT2D eigenvalue weighted by Gasteiger charge is 2.22. The van der Waals surface area contributed by atoms with Gasteiger partial charge in [-0.1, -0.05) is 29.5 Å². The first-order valence-corrected chi connectivity index (χ1v) is 7.89. The molecule has 0 unspecified atom stereocenters. The minimum Gasteiger partial charge on any atom is -0.356 e. The molecule has 6 nitrogen and oxygen atoms in total. The normalized spacial score (nSPS) is 14.0. The van der Waals surface area contributed by atoms with Crippen LogP contribution in [0.4, 0.5) is 0 Å². The van der Waals surface area contributed by atoms with Crippen LogP contribution in [0.5, 0.6) is 0 Å². The van der Waals surface area contributed by atoms with E-state index in [1.54, 1.807) is 0 Å². The van der Waals surface area contributed by atoms with E-state index in [0.717, 1.165) is 18.8 Å². The Morgan fingerprint density at radius 1 is 1.23 bits per heavy atom. The minimum absolute atomic E-state index is 0.0816. The van der Waals surface area contributed by atoms with Crippen LogP contribution >= 0.6 is 0 Å². The summed E-state index contributed by atoms with van der Waals surface area (Å²) in [4.78, 5) is 11.7. The van der Waals surface area contributed by atoms with Crippen LogP contribution in [0.25, 0.3) is 0 Å². The fourth-order valence-corrected chi connectivity index (χ4v) is 2.52. The third-order valence-electron chi connectivity index (χ3n) is 3.96. The Labute approximate surface area is 129 Å². The number of rotatable bonds is 8. The maximum atomic E-state index is 11.7. The molecule has 1 aliphatic rings. The molecule has 0 bridgehead atoms. The number of carbonyl (C=O) groups is 1. The van der Waals surface area contributed by atoms with Gasteiger partial charge in [0.05, 0.1) is 0 Å². The largest absolute Gasteiger partial charge is 0.356 e. The van der Waals surface area contributed by atoms with Crippen LogP contribution in [0.3, 0.4) is 0 Å². The van der Waals surface area contributed by atoms with Crippen LogP contribution in [0.15, 0.2) is 24.3 Å². The van der Waals surface area contributed by atoms with E-state index in [2.05, 4.69) is 50.2 Å². The zero-order chi connectivity index (χ0) is 15.2. The summed E-state index contributed by atoms with van der Waals surface area (Å²) in [5.74, 6) is 1.51. The van der Waals surface area contributed by atoms with Crippen LogP contribution in [0, 0.1) is 0 Å². The van der Waals surface area contributed by atoms with E-state index in [0.29, 0.717) is 25.2 Å². The fraction of sp³-hybridized carbons (Fsp3) is 0.500. The van der Waals surface area contributed by atoms with Crippen molar-refractivity contribution in [2.24, 2.45) is 0 Å². The highest BCUT2D eigenvalue weighted by atomic mass is 16.1. The Hall–Kier alpha value is -2.24. The number of amides is 1. The number of hydrogen-bond donors (Lipinski definition) is 2. The number of tetrazole rings is 1. The Morgan fingerprint density at radius 2 is 2.05 bits per heavy atom. The Morgan fingerprint density at radius 3 is 2.73 bits per heavy atom. The predicted octanol–water partition coefficient (Wildman–Crippen LogP) is 1.76. The summed E-state index contributed by atoms with van der Waals surface area (Å²) in [6, 6.07) is 8.86. The van der Waals surface area contributed by atoms with Gasteiger partial charge in [-0.25, -0.2) is 0 Å². The lowest BCUT2D eigenvalue weighted by molar-refractivity contribution is -0.121. The lowest BCUT2D eigenvalue weighted by Gasteiger charge is -2.05. The Balaban J connectivity index is 1.31. The SMILES string of the molecule is O=C(CCCc1ccc(C2CC2)cc1)NCCc1nn[nH]n1. The quantitative estimate of drug-likeness (QED) is 0.778. The van der Waals surface area contributed by atoms with Crippen molar-refractivity contribution in [1.29, 1.82) is 0 Å². The van der Waals surface area contributed by atoms with Gasteiger partial charge in [0.15, 0.2) is 5.82 Å². The molecule has 1 aromatic carbocycles. The lowest BCUT2D eigenvalue weighted by Crippen LogP contribution is -2.25. The van der Waals surface area contributed by atoms with Crippen molar-refractivity contribution in [2.75, 3.05) is 6.54 Å². The molecule has 2 N–H and O–H groups in total. The van der Waals surface area contributed by atoms with E-state index < -0.39 is 0 Å². The maximum Gasteiger partial charge on any atom is 0.220 e. The number of aromatic amines is 1. The molecule has 2 aromatic rings. The summed E-state index contributed by atoms with van der Waals surface area (Å²) in [5.41, 5.74) is 2.77. The molecule has 1 amide bonds. The summed E-state index contributed by atoms with van der Waals surface area (Å²) in [7, 11) is 0. The summed E-state index contributed by atoms with van der Waals surface area (Å²) in [6.45, 7) is 0.550. The zero-order valence-corrected chi connectivity index (χ0v) is 12.6. The smallest absolute Gasteiger partial charge is 0.220 e. The van der Waals surface area contributed by atoms with Crippen molar-refractivity contribution in [2.45, 2.75) is 44.4 Å². The first-order chi connectivity index (χ1) is 10.8. The van der Waals surface area contributed by atoms with Crippen molar-refractivity contribution in [3.8, 4) is 0 Å². The van der Waals surface area contributed by atoms with Gasteiger partial charge < -0.3 is 5.32 Å². The van der Waals surface area contributed by atoms with Gasteiger partial charge in [0.1, 0.15) is 0 Å². The lowest BCUT2D eigenvalue weighted by atomic mass is 10.0. The van der Waals surface area contributed by atoms with Gasteiger partial charge in [-0.2, -0.15) is 5.21 Å². The van der Waals surface area contributed by atoms with E-state index >= 15 is 0 Å². The summed E-state index contributed by atoms with van der Waals surface area (Å²) >= 11 is 0. The molecule has 0 saturated heterocycles. The molecule has 116 valence electrons. The summed E-state index contributed by atoms with van der Waals surface area (Å²) < 4.78 is 0. The van der Waals surface area contributed by atoms with Crippen molar-refractivity contribution in [1.82, 2.24) is 25.9 Å². The Kier molecular flexibility index (Phi) is 4.78. The first-order valence-electron chi connectivity index (χ1n) is 7.89. The van der Waals surface area contributed by atoms with E-state index in [1.165, 1.54) is 24.0 Å². The number of benzene rings is 1. The molecule has 1 fully saturated rings. The highest BCUT2D eigenvalue weighted by molar-refractivity contribution is 5.75. The second-order valence-corrected chi connectivity index (χ2v) is 5.80. The molecule has 1 saturated carbocycles. The molecule has 0 spiro atoms. The third-order valence-corrected chi connectivity index (χ3v) is 3.96. The molecular weight excluding hydrogens is 278 g/mol. The predicted molar refractivity (Wildman–Crippen MR) is 82.2 cm³/mol. The molecule has 0 aliphatic heterocycles. The zero-order valence-electron chi connectivity index (χ0n) is 12.6. The van der Waals surface area contributed by atoms with Crippen LogP contribution < -0.4 is 5.32 Å². The average Bonchev–Trinajstić information content (AvgIpc) is 3.25. The van der Waals surface area contributed by atoms with Gasteiger partial charge >= 0.3 is 0 Å². The highest BCUT2D eigenvalue weighted by Crippen LogP contribution is 2.39. The van der Waals surface area contributed by atoms with Gasteiger partial charge in [0.2, 0.25) is 5.91 Å². The molecule has 6 heteroatoms. The first kappa shape index (κ1) is 14.7. The second-order valence-electron chi connectivity index (χ2n) is 5.80. The van der Waals surface area contributed by atoms with Gasteiger partial charge in [-0.15, -0.1) is 10.2 Å². The number of hydrogen-bond acceptors (Lipinski definition) is 4. The number of aromatic nitrogens is 4. The van der Waals surface area contributed by atoms with E-state index in [-0.39, 0.29) is 5.91 Å². The van der Waals surface area contributed by atoms with Gasteiger partial charge in [-0.3, -0.25) is 4.79 Å². The van der Waals surface area contributed by atoms with Crippen LogP contribution in [0.2, 0.25) is 0 Å². The van der Waals surface area contributed by atoms with Crippen molar-refractivity contribution < 1.29 is 4.79 Å². The van der Waals surface area contributed by atoms with Crippen LogP contribution in [-0.4, -0.2) is 33.1 Å². The van der Waals surface area contributed by atoms with E-state index in [9.17, 15) is 4.79 Å². The van der Waals surface area contributed by atoms with Gasteiger partial charge in [-0.05, 0) is 42.7 Å². The van der Waals surface area contributed by atoms with Gasteiger partial charge in [0.25, 0.3) is 0 Å². The summed E-state index contributed by atoms with van der Waals surface area (Å²) in [5, 5.41) is 16.4. The number of carbonyl (C=O) groups excluding carboxylic acids is 1. The number of nitrogens with one attached hydrogen (secondary N) is 2. The molecule has 3 rings (SSSR count). The molecule has 22 heavy (non-hydrogen) atoms. The Bertz CT molecular complexity index is 590. The second kappa shape index (κ2) is 7.15. The van der Waals surface area contributed by atoms with E-state index in [4.69, 9.17) is 0 Å². The average molecular weight is 299 g/mol. The maximum absolute atomic E-state index is 11.7. The number of aryl methyl sites for hydroxylation is 1. The molecule has 1 heterocycles.